The Bertz CT molecular complexity index is 720. The molecular formula is C16H17N3S. The summed E-state index contributed by atoms with van der Waals surface area (Å²) in [5.74, 6) is 0. The zero-order valence-corrected chi connectivity index (χ0v) is 12.4. The van der Waals surface area contributed by atoms with E-state index in [1.54, 1.807) is 11.3 Å². The quantitative estimate of drug-likeness (QED) is 0.793. The summed E-state index contributed by atoms with van der Waals surface area (Å²) in [6.07, 6.45) is 1.83. The molecule has 0 fully saturated rings. The summed E-state index contributed by atoms with van der Waals surface area (Å²) in [7, 11) is 0. The van der Waals surface area contributed by atoms with Gasteiger partial charge < -0.3 is 5.32 Å². The van der Waals surface area contributed by atoms with Crippen LogP contribution in [-0.4, -0.2) is 16.5 Å². The predicted molar refractivity (Wildman–Crippen MR) is 84.1 cm³/mol. The van der Waals surface area contributed by atoms with E-state index in [1.807, 2.05) is 19.2 Å². The molecule has 1 unspecified atom stereocenters. The Hall–Kier alpha value is -1.78. The molecule has 1 aromatic carbocycles. The van der Waals surface area contributed by atoms with Crippen LogP contribution in [0.4, 0.5) is 0 Å². The van der Waals surface area contributed by atoms with Gasteiger partial charge in [0.2, 0.25) is 0 Å². The Labute approximate surface area is 122 Å². The lowest BCUT2D eigenvalue weighted by molar-refractivity contribution is 0.618. The van der Waals surface area contributed by atoms with E-state index in [1.165, 1.54) is 10.9 Å². The molecule has 2 aromatic heterocycles. The number of nitrogens with zero attached hydrogens (tertiary/aromatic N) is 2. The number of fused-ring (bicyclic) bond motifs is 1. The Morgan fingerprint density at radius 1 is 1.30 bits per heavy atom. The monoisotopic (exact) mass is 283 g/mol. The van der Waals surface area contributed by atoms with Crippen LogP contribution >= 0.6 is 11.3 Å². The smallest absolute Gasteiger partial charge is 0.0898 e. The second-order valence-electron chi connectivity index (χ2n) is 4.74. The first-order chi connectivity index (χ1) is 9.78. The molecule has 1 atom stereocenters. The third-order valence-corrected chi connectivity index (χ3v) is 4.10. The van der Waals surface area contributed by atoms with E-state index in [9.17, 15) is 0 Å². The zero-order chi connectivity index (χ0) is 13.9. The lowest BCUT2D eigenvalue weighted by Gasteiger charge is -2.16. The summed E-state index contributed by atoms with van der Waals surface area (Å²) >= 11 is 1.69. The third-order valence-electron chi connectivity index (χ3n) is 3.30. The van der Waals surface area contributed by atoms with Crippen molar-refractivity contribution >= 4 is 22.2 Å². The van der Waals surface area contributed by atoms with E-state index in [-0.39, 0.29) is 6.04 Å². The highest BCUT2D eigenvalue weighted by molar-refractivity contribution is 7.09. The lowest BCUT2D eigenvalue weighted by atomic mass is 10.0. The number of hydrogen-bond donors (Lipinski definition) is 1. The fraction of sp³-hybridized carbons (Fsp3) is 0.250. The Morgan fingerprint density at radius 2 is 2.20 bits per heavy atom. The summed E-state index contributed by atoms with van der Waals surface area (Å²) in [5.41, 5.74) is 3.33. The van der Waals surface area contributed by atoms with Crippen LogP contribution < -0.4 is 5.32 Å². The number of aryl methyl sites for hydroxylation is 1. The van der Waals surface area contributed by atoms with Gasteiger partial charge in [0.25, 0.3) is 0 Å². The molecule has 0 aliphatic rings. The molecule has 0 radical (unpaired) electrons. The number of aromatic nitrogens is 2. The number of benzene rings is 1. The fourth-order valence-corrected chi connectivity index (χ4v) is 3.01. The van der Waals surface area contributed by atoms with Crippen LogP contribution in [0.2, 0.25) is 0 Å². The van der Waals surface area contributed by atoms with Crippen molar-refractivity contribution in [1.82, 2.24) is 15.3 Å². The van der Waals surface area contributed by atoms with Crippen LogP contribution in [-0.2, 0) is 0 Å². The number of rotatable bonds is 4. The molecule has 1 N–H and O–H groups in total. The van der Waals surface area contributed by atoms with Gasteiger partial charge in [-0.25, -0.2) is 4.98 Å². The van der Waals surface area contributed by atoms with E-state index in [2.05, 4.69) is 51.9 Å². The molecule has 102 valence electrons. The maximum atomic E-state index is 4.62. The van der Waals surface area contributed by atoms with Gasteiger partial charge in [-0.2, -0.15) is 0 Å². The normalized spacial score (nSPS) is 12.7. The highest BCUT2D eigenvalue weighted by Gasteiger charge is 2.16. The number of thiazole rings is 1. The minimum atomic E-state index is 0.136. The van der Waals surface area contributed by atoms with Crippen molar-refractivity contribution in [1.29, 1.82) is 0 Å². The van der Waals surface area contributed by atoms with Crippen molar-refractivity contribution in [3.05, 3.63) is 58.2 Å². The van der Waals surface area contributed by atoms with Crippen molar-refractivity contribution in [3.8, 4) is 0 Å². The van der Waals surface area contributed by atoms with Gasteiger partial charge in [0.05, 0.1) is 22.3 Å². The average molecular weight is 283 g/mol. The van der Waals surface area contributed by atoms with Crippen LogP contribution in [0, 0.1) is 6.92 Å². The van der Waals surface area contributed by atoms with E-state index in [4.69, 9.17) is 0 Å². The second kappa shape index (κ2) is 5.69. The summed E-state index contributed by atoms with van der Waals surface area (Å²) in [6, 6.07) is 10.6. The molecule has 0 amide bonds. The summed E-state index contributed by atoms with van der Waals surface area (Å²) < 4.78 is 0. The van der Waals surface area contributed by atoms with E-state index in [0.717, 1.165) is 22.8 Å². The van der Waals surface area contributed by atoms with E-state index in [0.29, 0.717) is 0 Å². The van der Waals surface area contributed by atoms with Crippen molar-refractivity contribution < 1.29 is 0 Å². The van der Waals surface area contributed by atoms with Crippen molar-refractivity contribution in [2.24, 2.45) is 0 Å². The topological polar surface area (TPSA) is 37.8 Å². The highest BCUT2D eigenvalue weighted by atomic mass is 32.1. The van der Waals surface area contributed by atoms with Gasteiger partial charge in [-0.1, -0.05) is 25.1 Å². The molecule has 2 heterocycles. The van der Waals surface area contributed by atoms with E-state index < -0.39 is 0 Å². The van der Waals surface area contributed by atoms with Gasteiger partial charge in [0, 0.05) is 17.0 Å². The van der Waals surface area contributed by atoms with Gasteiger partial charge in [-0.3, -0.25) is 4.98 Å². The average Bonchev–Trinajstić information content (AvgIpc) is 2.90. The molecule has 0 saturated heterocycles. The zero-order valence-electron chi connectivity index (χ0n) is 11.6. The molecule has 0 bridgehead atoms. The molecule has 0 aliphatic carbocycles. The lowest BCUT2D eigenvalue weighted by Crippen LogP contribution is -2.22. The largest absolute Gasteiger partial charge is 0.305 e. The molecule has 20 heavy (non-hydrogen) atoms. The number of hydrogen-bond acceptors (Lipinski definition) is 4. The Kier molecular flexibility index (Phi) is 3.76. The third kappa shape index (κ3) is 2.57. The van der Waals surface area contributed by atoms with Gasteiger partial charge in [-0.05, 0) is 31.2 Å². The number of nitrogens with one attached hydrogen (secondary N) is 1. The predicted octanol–water partition coefficient (Wildman–Crippen LogP) is 3.70. The summed E-state index contributed by atoms with van der Waals surface area (Å²) in [6.45, 7) is 5.06. The fourth-order valence-electron chi connectivity index (χ4n) is 2.37. The van der Waals surface area contributed by atoms with Gasteiger partial charge in [0.1, 0.15) is 0 Å². The Morgan fingerprint density at radius 3 is 2.95 bits per heavy atom. The minimum absolute atomic E-state index is 0.136. The first-order valence-electron chi connectivity index (χ1n) is 6.78. The summed E-state index contributed by atoms with van der Waals surface area (Å²) in [5, 5.41) is 7.91. The molecule has 0 aliphatic heterocycles. The maximum Gasteiger partial charge on any atom is 0.0898 e. The molecule has 0 saturated carbocycles. The van der Waals surface area contributed by atoms with E-state index >= 15 is 0 Å². The molecule has 0 spiro atoms. The molecule has 3 aromatic rings. The number of pyridine rings is 1. The molecule has 3 rings (SSSR count). The summed E-state index contributed by atoms with van der Waals surface area (Å²) in [4.78, 5) is 9.06. The standard InChI is InChI=1S/C16H17N3S/c1-3-17-16(15-10-20-11(2)19-15)13-7-6-12-5-4-8-18-14(12)9-13/h4-10,16-17H,3H2,1-2H3. The van der Waals surface area contributed by atoms with Crippen LogP contribution in [0.15, 0.2) is 41.9 Å². The van der Waals surface area contributed by atoms with Gasteiger partial charge in [-0.15, -0.1) is 11.3 Å². The minimum Gasteiger partial charge on any atom is -0.305 e. The first-order valence-corrected chi connectivity index (χ1v) is 7.66. The first kappa shape index (κ1) is 13.2. The highest BCUT2D eigenvalue weighted by Crippen LogP contribution is 2.25. The van der Waals surface area contributed by atoms with Crippen LogP contribution in [0.3, 0.4) is 0 Å². The van der Waals surface area contributed by atoms with Crippen molar-refractivity contribution in [3.63, 3.8) is 0 Å². The van der Waals surface area contributed by atoms with Gasteiger partial charge in [0.15, 0.2) is 0 Å². The van der Waals surface area contributed by atoms with Crippen LogP contribution in [0.1, 0.15) is 29.2 Å². The van der Waals surface area contributed by atoms with Crippen molar-refractivity contribution in [2.75, 3.05) is 6.54 Å². The van der Waals surface area contributed by atoms with Gasteiger partial charge >= 0.3 is 0 Å². The molecule has 3 nitrogen and oxygen atoms in total. The molecule has 4 heteroatoms. The van der Waals surface area contributed by atoms with Crippen molar-refractivity contribution in [2.45, 2.75) is 19.9 Å². The Balaban J connectivity index is 2.04. The second-order valence-corrected chi connectivity index (χ2v) is 5.80. The molecular weight excluding hydrogens is 266 g/mol. The van der Waals surface area contributed by atoms with Crippen LogP contribution in [0.5, 0.6) is 0 Å². The van der Waals surface area contributed by atoms with Crippen LogP contribution in [0.25, 0.3) is 10.9 Å². The maximum absolute atomic E-state index is 4.62. The SMILES string of the molecule is CCNC(c1ccc2cccnc2c1)c1csc(C)n1.